The van der Waals surface area contributed by atoms with Gasteiger partial charge in [-0.3, -0.25) is 14.5 Å². The number of halogens is 1. The molecule has 2 amide bonds. The largest absolute Gasteiger partial charge is 0.369 e. The van der Waals surface area contributed by atoms with E-state index in [2.05, 4.69) is 6.58 Å². The second kappa shape index (κ2) is 8.59. The number of primary amides is 1. The van der Waals surface area contributed by atoms with Crippen LogP contribution in [0.5, 0.6) is 0 Å². The van der Waals surface area contributed by atoms with Crippen LogP contribution >= 0.6 is 0 Å². The summed E-state index contributed by atoms with van der Waals surface area (Å²) in [7, 11) is 0. The van der Waals surface area contributed by atoms with E-state index in [4.69, 9.17) is 5.73 Å². The summed E-state index contributed by atoms with van der Waals surface area (Å²) in [5.41, 5.74) is 6.10. The first-order valence-corrected chi connectivity index (χ1v) is 8.14. The highest BCUT2D eigenvalue weighted by molar-refractivity contribution is 5.79. The summed E-state index contributed by atoms with van der Waals surface area (Å²) < 4.78 is 13.0. The average molecular weight is 333 g/mol. The maximum absolute atomic E-state index is 13.0. The van der Waals surface area contributed by atoms with Gasteiger partial charge in [-0.15, -0.1) is 6.58 Å². The molecular weight excluding hydrogens is 309 g/mol. The van der Waals surface area contributed by atoms with Crippen molar-refractivity contribution in [3.8, 4) is 0 Å². The first-order valence-electron chi connectivity index (χ1n) is 8.14. The summed E-state index contributed by atoms with van der Waals surface area (Å²) in [5, 5.41) is 0. The Balaban J connectivity index is 1.95. The molecule has 0 radical (unpaired) electrons. The molecule has 6 heteroatoms. The summed E-state index contributed by atoms with van der Waals surface area (Å²) in [6, 6.07) is 6.17. The molecule has 1 aliphatic heterocycles. The number of rotatable bonds is 7. The molecular formula is C18H24FN3O2. The van der Waals surface area contributed by atoms with Crippen molar-refractivity contribution < 1.29 is 14.0 Å². The smallest absolute Gasteiger partial charge is 0.231 e. The first kappa shape index (κ1) is 18.1. The number of hydrogen-bond acceptors (Lipinski definition) is 3. The maximum atomic E-state index is 13.0. The van der Waals surface area contributed by atoms with E-state index >= 15 is 0 Å². The summed E-state index contributed by atoms with van der Waals surface area (Å²) in [6.07, 6.45) is 3.12. The van der Waals surface area contributed by atoms with Crippen LogP contribution in [-0.4, -0.2) is 47.8 Å². The lowest BCUT2D eigenvalue weighted by Crippen LogP contribution is -2.44. The Hall–Kier alpha value is -2.21. The normalized spacial score (nSPS) is 15.9. The van der Waals surface area contributed by atoms with Crippen molar-refractivity contribution in [2.24, 2.45) is 11.7 Å². The van der Waals surface area contributed by atoms with E-state index in [-0.39, 0.29) is 30.1 Å². The molecule has 5 nitrogen and oxygen atoms in total. The second-order valence-corrected chi connectivity index (χ2v) is 6.15. The van der Waals surface area contributed by atoms with Gasteiger partial charge in [0, 0.05) is 19.0 Å². The van der Waals surface area contributed by atoms with E-state index in [1.165, 1.54) is 12.1 Å². The minimum absolute atomic E-state index is 0.0606. The summed E-state index contributed by atoms with van der Waals surface area (Å²) in [4.78, 5) is 27.5. The second-order valence-electron chi connectivity index (χ2n) is 6.15. The molecule has 0 bridgehead atoms. The monoisotopic (exact) mass is 333 g/mol. The van der Waals surface area contributed by atoms with Crippen LogP contribution in [-0.2, 0) is 16.1 Å². The Kier molecular flexibility index (Phi) is 6.49. The van der Waals surface area contributed by atoms with Crippen molar-refractivity contribution in [2.45, 2.75) is 19.4 Å². The lowest BCUT2D eigenvalue weighted by molar-refractivity contribution is -0.137. The Labute approximate surface area is 141 Å². The minimum Gasteiger partial charge on any atom is -0.369 e. The Bertz CT molecular complexity index is 580. The van der Waals surface area contributed by atoms with Crippen molar-refractivity contribution >= 4 is 11.8 Å². The minimum atomic E-state index is -0.343. The first-order chi connectivity index (χ1) is 11.5. The number of nitrogens with zero attached hydrogens (tertiary/aromatic N) is 2. The molecule has 0 saturated carbocycles. The van der Waals surface area contributed by atoms with Gasteiger partial charge in [0.25, 0.3) is 0 Å². The van der Waals surface area contributed by atoms with Crippen molar-refractivity contribution in [1.82, 2.24) is 9.80 Å². The van der Waals surface area contributed by atoms with E-state index in [0.29, 0.717) is 39.0 Å². The zero-order chi connectivity index (χ0) is 17.5. The van der Waals surface area contributed by atoms with E-state index in [1.54, 1.807) is 23.1 Å². The van der Waals surface area contributed by atoms with Gasteiger partial charge in [0.15, 0.2) is 0 Å². The molecule has 0 aromatic heterocycles. The molecule has 24 heavy (non-hydrogen) atoms. The highest BCUT2D eigenvalue weighted by Crippen LogP contribution is 2.21. The van der Waals surface area contributed by atoms with E-state index in [9.17, 15) is 14.0 Å². The zero-order valence-corrected chi connectivity index (χ0v) is 13.8. The Morgan fingerprint density at radius 3 is 2.46 bits per heavy atom. The number of nitrogens with two attached hydrogens (primary N) is 1. The Morgan fingerprint density at radius 2 is 1.92 bits per heavy atom. The number of carbonyl (C=O) groups is 2. The molecule has 1 aromatic carbocycles. The highest BCUT2D eigenvalue weighted by Gasteiger charge is 2.28. The number of piperidine rings is 1. The van der Waals surface area contributed by atoms with Crippen LogP contribution in [0, 0.1) is 11.7 Å². The van der Waals surface area contributed by atoms with Crippen LogP contribution in [0.15, 0.2) is 36.9 Å². The molecule has 1 heterocycles. The van der Waals surface area contributed by atoms with Gasteiger partial charge in [-0.25, -0.2) is 4.39 Å². The molecule has 130 valence electrons. The third-order valence-electron chi connectivity index (χ3n) is 4.26. The van der Waals surface area contributed by atoms with E-state index in [1.807, 2.05) is 4.90 Å². The molecule has 0 spiro atoms. The number of hydrogen-bond donors (Lipinski definition) is 1. The van der Waals surface area contributed by atoms with Gasteiger partial charge < -0.3 is 10.6 Å². The van der Waals surface area contributed by atoms with Crippen LogP contribution in [0.25, 0.3) is 0 Å². The van der Waals surface area contributed by atoms with E-state index < -0.39 is 0 Å². The van der Waals surface area contributed by atoms with Gasteiger partial charge in [0.1, 0.15) is 5.82 Å². The van der Waals surface area contributed by atoms with Crippen molar-refractivity contribution in [2.75, 3.05) is 26.2 Å². The molecule has 1 aromatic rings. The van der Waals surface area contributed by atoms with Crippen molar-refractivity contribution in [3.05, 3.63) is 48.3 Å². The molecule has 2 N–H and O–H groups in total. The van der Waals surface area contributed by atoms with Crippen molar-refractivity contribution in [1.29, 1.82) is 0 Å². The number of carbonyl (C=O) groups excluding carboxylic acids is 2. The predicted molar refractivity (Wildman–Crippen MR) is 90.4 cm³/mol. The SMILES string of the molecule is C=CCN(Cc1ccc(F)cc1)C(=O)C1CCN(CC(N)=O)CC1. The van der Waals surface area contributed by atoms with Gasteiger partial charge in [-0.05, 0) is 43.6 Å². The fraction of sp³-hybridized carbons (Fsp3) is 0.444. The molecule has 2 rings (SSSR count). The molecule has 1 saturated heterocycles. The maximum Gasteiger partial charge on any atom is 0.231 e. The quantitative estimate of drug-likeness (QED) is 0.770. The van der Waals surface area contributed by atoms with Crippen LogP contribution in [0.2, 0.25) is 0 Å². The van der Waals surface area contributed by atoms with Gasteiger partial charge in [-0.1, -0.05) is 18.2 Å². The summed E-state index contributed by atoms with van der Waals surface area (Å²) in [6.45, 7) is 6.24. The predicted octanol–water partition coefficient (Wildman–Crippen LogP) is 1.54. The van der Waals surface area contributed by atoms with Crippen LogP contribution < -0.4 is 5.73 Å². The molecule has 1 fully saturated rings. The Morgan fingerprint density at radius 1 is 1.29 bits per heavy atom. The van der Waals surface area contributed by atoms with Gasteiger partial charge in [-0.2, -0.15) is 0 Å². The number of amides is 2. The van der Waals surface area contributed by atoms with Crippen molar-refractivity contribution in [3.63, 3.8) is 0 Å². The van der Waals surface area contributed by atoms with Crippen LogP contribution in [0.1, 0.15) is 18.4 Å². The fourth-order valence-electron chi connectivity index (χ4n) is 3.02. The third kappa shape index (κ3) is 5.16. The fourth-order valence-corrected chi connectivity index (χ4v) is 3.02. The summed E-state index contributed by atoms with van der Waals surface area (Å²) in [5.74, 6) is -0.612. The summed E-state index contributed by atoms with van der Waals surface area (Å²) >= 11 is 0. The standard InChI is InChI=1S/C18H24FN3O2/c1-2-9-22(12-14-3-5-16(19)6-4-14)18(24)15-7-10-21(11-8-15)13-17(20)23/h2-6,15H,1,7-13H2,(H2,20,23). The average Bonchev–Trinajstić information content (AvgIpc) is 2.56. The molecule has 1 aliphatic rings. The van der Waals surface area contributed by atoms with Gasteiger partial charge in [0.05, 0.1) is 6.54 Å². The van der Waals surface area contributed by atoms with Crippen LogP contribution in [0.4, 0.5) is 4.39 Å². The topological polar surface area (TPSA) is 66.6 Å². The van der Waals surface area contributed by atoms with Gasteiger partial charge >= 0.3 is 0 Å². The highest BCUT2D eigenvalue weighted by atomic mass is 19.1. The van der Waals surface area contributed by atoms with Gasteiger partial charge in [0.2, 0.25) is 11.8 Å². The lowest BCUT2D eigenvalue weighted by atomic mass is 9.95. The zero-order valence-electron chi connectivity index (χ0n) is 13.8. The lowest BCUT2D eigenvalue weighted by Gasteiger charge is -2.33. The van der Waals surface area contributed by atoms with Crippen LogP contribution in [0.3, 0.4) is 0 Å². The number of likely N-dealkylation sites (tertiary alicyclic amines) is 1. The van der Waals surface area contributed by atoms with E-state index in [0.717, 1.165) is 5.56 Å². The molecule has 0 atom stereocenters. The molecule has 0 unspecified atom stereocenters. The molecule has 0 aliphatic carbocycles. The third-order valence-corrected chi connectivity index (χ3v) is 4.26. The number of benzene rings is 1.